The van der Waals surface area contributed by atoms with Crippen LogP contribution in [0.1, 0.15) is 29.5 Å². The molecular formula is C10H13ClOS. The molecule has 0 N–H and O–H groups in total. The molecule has 2 atom stereocenters. The Hall–Kier alpha value is -0.0500. The summed E-state index contributed by atoms with van der Waals surface area (Å²) >= 11 is 8.02. The smallest absolute Gasteiger partial charge is 0.0939 e. The Balaban J connectivity index is 1.99. The molecule has 0 aromatic carbocycles. The summed E-state index contributed by atoms with van der Waals surface area (Å²) in [5.41, 5.74) is 0. The first-order chi connectivity index (χ1) is 6.38. The monoisotopic (exact) mass is 216 g/mol. The molecule has 0 aliphatic carbocycles. The average molecular weight is 217 g/mol. The molecule has 1 aromatic rings. The molecule has 1 aromatic heterocycles. The van der Waals surface area contributed by atoms with Crippen molar-refractivity contribution >= 4 is 22.9 Å². The van der Waals surface area contributed by atoms with Gasteiger partial charge in [0.25, 0.3) is 0 Å². The van der Waals surface area contributed by atoms with E-state index in [9.17, 15) is 0 Å². The van der Waals surface area contributed by atoms with E-state index in [0.717, 1.165) is 13.0 Å². The molecule has 1 nitrogen and oxygen atoms in total. The third kappa shape index (κ3) is 2.25. The Bertz CT molecular complexity index is 241. The van der Waals surface area contributed by atoms with Crippen LogP contribution in [-0.2, 0) is 4.74 Å². The maximum Gasteiger partial charge on any atom is 0.0939 e. The van der Waals surface area contributed by atoms with Crippen LogP contribution in [-0.4, -0.2) is 12.7 Å². The largest absolute Gasteiger partial charge is 0.376 e. The normalized spacial score (nSPS) is 25.8. The topological polar surface area (TPSA) is 9.23 Å². The van der Waals surface area contributed by atoms with Gasteiger partial charge in [-0.05, 0) is 30.7 Å². The van der Waals surface area contributed by atoms with Crippen molar-refractivity contribution < 1.29 is 4.74 Å². The van der Waals surface area contributed by atoms with Crippen LogP contribution in [0.2, 0.25) is 0 Å². The lowest BCUT2D eigenvalue weighted by molar-refractivity contribution is 0.0141. The van der Waals surface area contributed by atoms with Crippen LogP contribution >= 0.6 is 22.9 Å². The van der Waals surface area contributed by atoms with E-state index >= 15 is 0 Å². The first kappa shape index (κ1) is 9.50. The number of hydrogen-bond acceptors (Lipinski definition) is 2. The summed E-state index contributed by atoms with van der Waals surface area (Å²) < 4.78 is 5.64. The summed E-state index contributed by atoms with van der Waals surface area (Å²) in [5, 5.41) is 2.12. The molecule has 0 bridgehead atoms. The zero-order valence-corrected chi connectivity index (χ0v) is 8.98. The molecule has 1 aliphatic rings. The minimum Gasteiger partial charge on any atom is -0.376 e. The van der Waals surface area contributed by atoms with E-state index < -0.39 is 0 Å². The van der Waals surface area contributed by atoms with Gasteiger partial charge in [0.2, 0.25) is 0 Å². The van der Waals surface area contributed by atoms with E-state index in [1.807, 2.05) is 6.07 Å². The van der Waals surface area contributed by atoms with Crippen molar-refractivity contribution in [2.75, 3.05) is 6.61 Å². The summed E-state index contributed by atoms with van der Waals surface area (Å²) in [6, 6.07) is 4.12. The standard InChI is InChI=1S/C10H13ClOS/c11-10(9-5-3-7-13-9)8-4-1-2-6-12-8/h3,5,7-8,10H,1-2,4,6H2. The first-order valence-electron chi connectivity index (χ1n) is 4.67. The van der Waals surface area contributed by atoms with E-state index in [2.05, 4.69) is 11.4 Å². The third-order valence-electron chi connectivity index (χ3n) is 2.36. The number of hydrogen-bond donors (Lipinski definition) is 0. The highest BCUT2D eigenvalue weighted by Gasteiger charge is 2.24. The molecule has 13 heavy (non-hydrogen) atoms. The lowest BCUT2D eigenvalue weighted by atomic mass is 10.1. The summed E-state index contributed by atoms with van der Waals surface area (Å²) in [7, 11) is 0. The van der Waals surface area contributed by atoms with Gasteiger partial charge in [-0.25, -0.2) is 0 Å². The highest BCUT2D eigenvalue weighted by Crippen LogP contribution is 2.33. The number of rotatable bonds is 2. The van der Waals surface area contributed by atoms with Gasteiger partial charge in [0.1, 0.15) is 0 Å². The van der Waals surface area contributed by atoms with Gasteiger partial charge in [-0.1, -0.05) is 6.07 Å². The minimum atomic E-state index is 0.0558. The molecule has 2 rings (SSSR count). The van der Waals surface area contributed by atoms with Crippen molar-refractivity contribution in [3.8, 4) is 0 Å². The molecule has 0 radical (unpaired) electrons. The number of halogens is 1. The molecule has 0 amide bonds. The summed E-state index contributed by atoms with van der Waals surface area (Å²) in [6.45, 7) is 0.874. The lowest BCUT2D eigenvalue weighted by Gasteiger charge is -2.25. The summed E-state index contributed by atoms with van der Waals surface area (Å²) in [4.78, 5) is 1.23. The molecule has 1 aliphatic heterocycles. The van der Waals surface area contributed by atoms with Crippen LogP contribution in [0.25, 0.3) is 0 Å². The summed E-state index contributed by atoms with van der Waals surface area (Å²) in [5.74, 6) is 0. The Morgan fingerprint density at radius 3 is 3.08 bits per heavy atom. The van der Waals surface area contributed by atoms with Crippen LogP contribution in [0, 0.1) is 0 Å². The first-order valence-corrected chi connectivity index (χ1v) is 5.98. The fourth-order valence-electron chi connectivity index (χ4n) is 1.63. The van der Waals surface area contributed by atoms with E-state index in [-0.39, 0.29) is 11.5 Å². The van der Waals surface area contributed by atoms with Gasteiger partial charge in [0.05, 0.1) is 11.5 Å². The Morgan fingerprint density at radius 1 is 1.54 bits per heavy atom. The second-order valence-corrected chi connectivity index (χ2v) is 4.77. The minimum absolute atomic E-state index is 0.0558. The van der Waals surface area contributed by atoms with Crippen molar-refractivity contribution in [3.63, 3.8) is 0 Å². The third-order valence-corrected chi connectivity index (χ3v) is 3.96. The second kappa shape index (κ2) is 4.45. The fraction of sp³-hybridized carbons (Fsp3) is 0.600. The van der Waals surface area contributed by atoms with Crippen molar-refractivity contribution in [2.45, 2.75) is 30.7 Å². The Kier molecular flexibility index (Phi) is 3.25. The van der Waals surface area contributed by atoms with Gasteiger partial charge < -0.3 is 4.74 Å². The average Bonchev–Trinajstić information content (AvgIpc) is 2.71. The van der Waals surface area contributed by atoms with E-state index in [1.54, 1.807) is 11.3 Å². The SMILES string of the molecule is ClC(c1cccs1)C1CCCCO1. The molecule has 2 heterocycles. The van der Waals surface area contributed by atoms with Crippen molar-refractivity contribution in [1.29, 1.82) is 0 Å². The van der Waals surface area contributed by atoms with Crippen LogP contribution < -0.4 is 0 Å². The maximum atomic E-state index is 6.31. The zero-order chi connectivity index (χ0) is 9.10. The molecule has 1 fully saturated rings. The molecule has 3 heteroatoms. The highest BCUT2D eigenvalue weighted by atomic mass is 35.5. The van der Waals surface area contributed by atoms with Gasteiger partial charge in [-0.3, -0.25) is 0 Å². The molecule has 1 saturated heterocycles. The van der Waals surface area contributed by atoms with Crippen molar-refractivity contribution in [1.82, 2.24) is 0 Å². The van der Waals surface area contributed by atoms with E-state index in [0.29, 0.717) is 0 Å². The Morgan fingerprint density at radius 2 is 2.46 bits per heavy atom. The van der Waals surface area contributed by atoms with Crippen LogP contribution in [0.15, 0.2) is 17.5 Å². The van der Waals surface area contributed by atoms with Crippen molar-refractivity contribution in [2.24, 2.45) is 0 Å². The number of alkyl halides is 1. The van der Waals surface area contributed by atoms with E-state index in [4.69, 9.17) is 16.3 Å². The Labute approximate surface area is 87.7 Å². The van der Waals surface area contributed by atoms with Gasteiger partial charge in [0, 0.05) is 11.5 Å². The van der Waals surface area contributed by atoms with E-state index in [1.165, 1.54) is 17.7 Å². The molecular weight excluding hydrogens is 204 g/mol. The molecule has 72 valence electrons. The maximum absolute atomic E-state index is 6.31. The zero-order valence-electron chi connectivity index (χ0n) is 7.41. The number of thiophene rings is 1. The van der Waals surface area contributed by atoms with Crippen molar-refractivity contribution in [3.05, 3.63) is 22.4 Å². The van der Waals surface area contributed by atoms with Crippen LogP contribution in [0.3, 0.4) is 0 Å². The number of ether oxygens (including phenoxy) is 1. The quantitative estimate of drug-likeness (QED) is 0.687. The second-order valence-electron chi connectivity index (χ2n) is 3.32. The van der Waals surface area contributed by atoms with Gasteiger partial charge in [-0.2, -0.15) is 0 Å². The lowest BCUT2D eigenvalue weighted by Crippen LogP contribution is -2.23. The van der Waals surface area contributed by atoms with Gasteiger partial charge in [-0.15, -0.1) is 22.9 Å². The predicted octanol–water partition coefficient (Wildman–Crippen LogP) is 3.60. The predicted molar refractivity (Wildman–Crippen MR) is 56.5 cm³/mol. The fourth-order valence-corrected chi connectivity index (χ4v) is 2.81. The molecule has 0 saturated carbocycles. The highest BCUT2D eigenvalue weighted by molar-refractivity contribution is 7.10. The van der Waals surface area contributed by atoms with Crippen LogP contribution in [0.5, 0.6) is 0 Å². The van der Waals surface area contributed by atoms with Gasteiger partial charge >= 0.3 is 0 Å². The molecule has 2 unspecified atom stereocenters. The van der Waals surface area contributed by atoms with Crippen LogP contribution in [0.4, 0.5) is 0 Å². The molecule has 0 spiro atoms. The van der Waals surface area contributed by atoms with Gasteiger partial charge in [0.15, 0.2) is 0 Å². The summed E-state index contributed by atoms with van der Waals surface area (Å²) in [6.07, 6.45) is 3.77.